The van der Waals surface area contributed by atoms with Gasteiger partial charge in [0.1, 0.15) is 0 Å². The molecule has 0 aromatic heterocycles. The number of likely N-dealkylation sites (N-methyl/N-ethyl adjacent to an activating group) is 1. The Morgan fingerprint density at radius 2 is 1.56 bits per heavy atom. The van der Waals surface area contributed by atoms with Gasteiger partial charge in [0.2, 0.25) is 10.0 Å². The Hall–Kier alpha value is -2.22. The number of carboxylic acid groups (broad SMARTS) is 1. The van der Waals surface area contributed by atoms with Crippen LogP contribution in [0.3, 0.4) is 0 Å². The van der Waals surface area contributed by atoms with Crippen molar-refractivity contribution in [1.29, 1.82) is 0 Å². The van der Waals surface area contributed by atoms with Gasteiger partial charge in [0.05, 0.1) is 10.5 Å². The predicted molar refractivity (Wildman–Crippen MR) is 96.0 cm³/mol. The summed E-state index contributed by atoms with van der Waals surface area (Å²) in [6.45, 7) is 1.18. The Kier molecular flexibility index (Phi) is 6.30. The molecule has 0 amide bonds. The fraction of sp³-hybridized carbons (Fsp3) is 0.278. The summed E-state index contributed by atoms with van der Waals surface area (Å²) in [6, 6.07) is 14.7. The number of benzene rings is 2. The lowest BCUT2D eigenvalue weighted by Crippen LogP contribution is -2.36. The van der Waals surface area contributed by atoms with Crippen LogP contribution in [0.2, 0.25) is 0 Å². The van der Waals surface area contributed by atoms with E-state index in [4.69, 9.17) is 5.11 Å². The van der Waals surface area contributed by atoms with Gasteiger partial charge in [-0.25, -0.2) is 13.2 Å². The number of carbonyl (C=O) groups is 1. The van der Waals surface area contributed by atoms with E-state index in [9.17, 15) is 13.2 Å². The van der Waals surface area contributed by atoms with E-state index in [2.05, 4.69) is 0 Å². The molecule has 2 rings (SSSR count). The normalized spacial score (nSPS) is 11.8. The zero-order chi connectivity index (χ0) is 18.4. The fourth-order valence-corrected chi connectivity index (χ4v) is 3.72. The molecule has 25 heavy (non-hydrogen) atoms. The standard InChI is InChI=1S/C18H22N2O4S/c1-19(2)12-13-20(14-15-6-4-3-5-7-15)25(23,24)17-10-8-16(9-11-17)18(21)22/h3-11H,12-14H2,1-2H3,(H,21,22). The largest absolute Gasteiger partial charge is 0.478 e. The monoisotopic (exact) mass is 362 g/mol. The highest BCUT2D eigenvalue weighted by Gasteiger charge is 2.24. The molecule has 0 aliphatic rings. The summed E-state index contributed by atoms with van der Waals surface area (Å²) < 4.78 is 27.4. The first kappa shape index (κ1) is 19.1. The van der Waals surface area contributed by atoms with Gasteiger partial charge >= 0.3 is 5.97 Å². The van der Waals surface area contributed by atoms with Crippen molar-refractivity contribution in [3.63, 3.8) is 0 Å². The van der Waals surface area contributed by atoms with E-state index in [0.717, 1.165) is 5.56 Å². The zero-order valence-electron chi connectivity index (χ0n) is 14.3. The molecule has 0 bridgehead atoms. The molecule has 1 N–H and O–H groups in total. The molecular weight excluding hydrogens is 340 g/mol. The summed E-state index contributed by atoms with van der Waals surface area (Å²) in [4.78, 5) is 13.0. The molecule has 0 saturated carbocycles. The molecule has 0 atom stereocenters. The average molecular weight is 362 g/mol. The van der Waals surface area contributed by atoms with Crippen LogP contribution in [0.4, 0.5) is 0 Å². The van der Waals surface area contributed by atoms with Gasteiger partial charge in [0, 0.05) is 19.6 Å². The third-order valence-electron chi connectivity index (χ3n) is 3.74. The Morgan fingerprint density at radius 3 is 2.08 bits per heavy atom. The second kappa shape index (κ2) is 8.24. The number of carboxylic acids is 1. The molecule has 2 aromatic carbocycles. The fourth-order valence-electron chi connectivity index (χ4n) is 2.30. The van der Waals surface area contributed by atoms with Crippen LogP contribution in [0, 0.1) is 0 Å². The predicted octanol–water partition coefficient (Wildman–Crippen LogP) is 2.14. The molecule has 0 aliphatic carbocycles. The maximum absolute atomic E-state index is 13.0. The number of nitrogens with zero attached hydrogens (tertiary/aromatic N) is 2. The number of aromatic carboxylic acids is 1. The number of hydrogen-bond donors (Lipinski definition) is 1. The van der Waals surface area contributed by atoms with Gasteiger partial charge < -0.3 is 10.0 Å². The molecule has 6 nitrogen and oxygen atoms in total. The molecule has 0 heterocycles. The summed E-state index contributed by atoms with van der Waals surface area (Å²) in [5.41, 5.74) is 0.953. The third-order valence-corrected chi connectivity index (χ3v) is 5.60. The summed E-state index contributed by atoms with van der Waals surface area (Å²) in [6.07, 6.45) is 0. The molecular formula is C18H22N2O4S. The molecule has 0 aliphatic heterocycles. The highest BCUT2D eigenvalue weighted by molar-refractivity contribution is 7.89. The second-order valence-electron chi connectivity index (χ2n) is 5.96. The first-order valence-electron chi connectivity index (χ1n) is 7.83. The Morgan fingerprint density at radius 1 is 0.960 bits per heavy atom. The van der Waals surface area contributed by atoms with Gasteiger partial charge in [-0.1, -0.05) is 30.3 Å². The summed E-state index contributed by atoms with van der Waals surface area (Å²) in [7, 11) is 0.0441. The lowest BCUT2D eigenvalue weighted by Gasteiger charge is -2.24. The van der Waals surface area contributed by atoms with Gasteiger partial charge in [-0.3, -0.25) is 0 Å². The van der Waals surface area contributed by atoms with E-state index < -0.39 is 16.0 Å². The van der Waals surface area contributed by atoms with Crippen molar-refractivity contribution in [1.82, 2.24) is 9.21 Å². The average Bonchev–Trinajstić information content (AvgIpc) is 2.59. The number of hydrogen-bond acceptors (Lipinski definition) is 4. The molecule has 0 spiro atoms. The minimum Gasteiger partial charge on any atom is -0.478 e. The molecule has 2 aromatic rings. The van der Waals surface area contributed by atoms with E-state index in [1.807, 2.05) is 49.3 Å². The summed E-state index contributed by atoms with van der Waals surface area (Å²) in [5, 5.41) is 8.96. The number of rotatable bonds is 8. The first-order chi connectivity index (χ1) is 11.8. The van der Waals surface area contributed by atoms with Crippen molar-refractivity contribution < 1.29 is 18.3 Å². The van der Waals surface area contributed by atoms with Crippen LogP contribution in [0.5, 0.6) is 0 Å². The summed E-state index contributed by atoms with van der Waals surface area (Å²) in [5.74, 6) is -1.09. The van der Waals surface area contributed by atoms with Gasteiger partial charge in [-0.2, -0.15) is 4.31 Å². The highest BCUT2D eigenvalue weighted by Crippen LogP contribution is 2.19. The van der Waals surface area contributed by atoms with E-state index in [0.29, 0.717) is 13.1 Å². The van der Waals surface area contributed by atoms with Crippen molar-refractivity contribution in [2.45, 2.75) is 11.4 Å². The lowest BCUT2D eigenvalue weighted by atomic mass is 10.2. The third kappa shape index (κ3) is 5.12. The second-order valence-corrected chi connectivity index (χ2v) is 7.89. The van der Waals surface area contributed by atoms with Crippen LogP contribution in [0.1, 0.15) is 15.9 Å². The van der Waals surface area contributed by atoms with Crippen LogP contribution in [-0.4, -0.2) is 55.9 Å². The Labute approximate surface area is 148 Å². The van der Waals surface area contributed by atoms with Gasteiger partial charge in [0.25, 0.3) is 0 Å². The molecule has 7 heteroatoms. The van der Waals surface area contributed by atoms with E-state index >= 15 is 0 Å². The smallest absolute Gasteiger partial charge is 0.335 e. The highest BCUT2D eigenvalue weighted by atomic mass is 32.2. The zero-order valence-corrected chi connectivity index (χ0v) is 15.1. The minimum atomic E-state index is -3.72. The van der Waals surface area contributed by atoms with Crippen LogP contribution in [0.15, 0.2) is 59.5 Å². The first-order valence-corrected chi connectivity index (χ1v) is 9.27. The van der Waals surface area contributed by atoms with Crippen molar-refractivity contribution in [3.05, 3.63) is 65.7 Å². The lowest BCUT2D eigenvalue weighted by molar-refractivity contribution is 0.0696. The van der Waals surface area contributed by atoms with Crippen LogP contribution >= 0.6 is 0 Å². The van der Waals surface area contributed by atoms with Crippen LogP contribution in [-0.2, 0) is 16.6 Å². The van der Waals surface area contributed by atoms with Crippen LogP contribution < -0.4 is 0 Å². The molecule has 0 unspecified atom stereocenters. The van der Waals surface area contributed by atoms with Crippen molar-refractivity contribution >= 4 is 16.0 Å². The molecule has 0 fully saturated rings. The van der Waals surface area contributed by atoms with Crippen LogP contribution in [0.25, 0.3) is 0 Å². The maximum Gasteiger partial charge on any atom is 0.335 e. The Balaban J connectivity index is 2.31. The number of sulfonamides is 1. The Bertz CT molecular complexity index is 803. The molecule has 0 saturated heterocycles. The van der Waals surface area contributed by atoms with Crippen molar-refractivity contribution in [2.75, 3.05) is 27.2 Å². The topological polar surface area (TPSA) is 77.9 Å². The van der Waals surface area contributed by atoms with Gasteiger partial charge in [0.15, 0.2) is 0 Å². The van der Waals surface area contributed by atoms with Gasteiger partial charge in [-0.15, -0.1) is 0 Å². The van der Waals surface area contributed by atoms with E-state index in [-0.39, 0.29) is 17.0 Å². The summed E-state index contributed by atoms with van der Waals surface area (Å²) >= 11 is 0. The van der Waals surface area contributed by atoms with E-state index in [1.165, 1.54) is 28.6 Å². The van der Waals surface area contributed by atoms with Gasteiger partial charge in [-0.05, 0) is 43.9 Å². The quantitative estimate of drug-likeness (QED) is 0.778. The SMILES string of the molecule is CN(C)CCN(Cc1ccccc1)S(=O)(=O)c1ccc(C(=O)O)cc1. The minimum absolute atomic E-state index is 0.0573. The van der Waals surface area contributed by atoms with Crippen molar-refractivity contribution in [3.8, 4) is 0 Å². The molecule has 0 radical (unpaired) electrons. The molecule has 134 valence electrons. The van der Waals surface area contributed by atoms with E-state index in [1.54, 1.807) is 0 Å². The maximum atomic E-state index is 13.0. The van der Waals surface area contributed by atoms with Crippen molar-refractivity contribution in [2.24, 2.45) is 0 Å².